The minimum atomic E-state index is -1.20. The molecule has 0 bridgehead atoms. The fourth-order valence-electron chi connectivity index (χ4n) is 3.84. The molecule has 10 nitrogen and oxygen atoms in total. The SMILES string of the molecule is Cc1nc(N[C@H]2CC[C@H](O)CC2)c2ncn([C@@H]3O[C@H](CO)[C@@H](O)[C@H]3O)c2n1. The molecule has 2 aromatic heterocycles. The maximum Gasteiger partial charge on any atom is 0.167 e. The zero-order valence-electron chi connectivity index (χ0n) is 15.1. The highest BCUT2D eigenvalue weighted by Crippen LogP contribution is 2.33. The summed E-state index contributed by atoms with van der Waals surface area (Å²) in [5.74, 6) is 1.14. The Labute approximate surface area is 155 Å². The Balaban J connectivity index is 1.64. The van der Waals surface area contributed by atoms with E-state index in [-0.39, 0.29) is 12.1 Å². The normalized spacial score (nSPS) is 34.3. The summed E-state index contributed by atoms with van der Waals surface area (Å²) in [6, 6.07) is 0.199. The number of nitrogens with zero attached hydrogens (tertiary/aromatic N) is 4. The van der Waals surface area contributed by atoms with Gasteiger partial charge in [-0.25, -0.2) is 15.0 Å². The van der Waals surface area contributed by atoms with Gasteiger partial charge in [0.25, 0.3) is 0 Å². The lowest BCUT2D eigenvalue weighted by molar-refractivity contribution is -0.0511. The Morgan fingerprint density at radius 1 is 1.15 bits per heavy atom. The fourth-order valence-corrected chi connectivity index (χ4v) is 3.84. The summed E-state index contributed by atoms with van der Waals surface area (Å²) in [6.07, 6.45) is 0.311. The fraction of sp³-hybridized carbons (Fsp3) is 0.706. The Morgan fingerprint density at radius 3 is 2.56 bits per heavy atom. The number of rotatable bonds is 4. The van der Waals surface area contributed by atoms with E-state index >= 15 is 0 Å². The number of aryl methyl sites for hydroxylation is 1. The highest BCUT2D eigenvalue weighted by Gasteiger charge is 2.44. The van der Waals surface area contributed by atoms with E-state index in [0.717, 1.165) is 25.7 Å². The van der Waals surface area contributed by atoms with Gasteiger partial charge in [-0.3, -0.25) is 4.57 Å². The van der Waals surface area contributed by atoms with E-state index in [2.05, 4.69) is 20.3 Å². The number of imidazole rings is 1. The first-order valence-corrected chi connectivity index (χ1v) is 9.26. The summed E-state index contributed by atoms with van der Waals surface area (Å²) in [7, 11) is 0. The molecule has 1 saturated heterocycles. The van der Waals surface area contributed by atoms with E-state index in [1.54, 1.807) is 11.5 Å². The smallest absolute Gasteiger partial charge is 0.167 e. The molecule has 148 valence electrons. The van der Waals surface area contributed by atoms with Crippen molar-refractivity contribution in [3.8, 4) is 0 Å². The van der Waals surface area contributed by atoms with Gasteiger partial charge in [-0.2, -0.15) is 0 Å². The molecule has 4 rings (SSSR count). The number of aliphatic hydroxyl groups is 4. The van der Waals surface area contributed by atoms with Gasteiger partial charge in [0, 0.05) is 6.04 Å². The van der Waals surface area contributed by atoms with Crippen molar-refractivity contribution in [3.63, 3.8) is 0 Å². The topological polar surface area (TPSA) is 146 Å². The predicted octanol–water partition coefficient (Wildman–Crippen LogP) is -0.538. The van der Waals surface area contributed by atoms with Crippen molar-refractivity contribution in [2.24, 2.45) is 0 Å². The molecule has 0 unspecified atom stereocenters. The van der Waals surface area contributed by atoms with Crippen LogP contribution in [0.4, 0.5) is 5.82 Å². The molecule has 0 radical (unpaired) electrons. The van der Waals surface area contributed by atoms with Gasteiger partial charge in [-0.1, -0.05) is 0 Å². The second kappa shape index (κ2) is 7.28. The molecule has 10 heteroatoms. The van der Waals surface area contributed by atoms with Gasteiger partial charge in [0.1, 0.15) is 24.1 Å². The average molecular weight is 379 g/mol. The molecule has 1 saturated carbocycles. The summed E-state index contributed by atoms with van der Waals surface area (Å²) in [6.45, 7) is 1.37. The third-order valence-corrected chi connectivity index (χ3v) is 5.36. The van der Waals surface area contributed by atoms with Crippen molar-refractivity contribution in [2.45, 2.75) is 69.3 Å². The molecule has 2 aromatic rings. The van der Waals surface area contributed by atoms with Crippen molar-refractivity contribution >= 4 is 17.0 Å². The lowest BCUT2D eigenvalue weighted by Crippen LogP contribution is -2.33. The first kappa shape index (κ1) is 18.5. The van der Waals surface area contributed by atoms with Crippen LogP contribution >= 0.6 is 0 Å². The van der Waals surface area contributed by atoms with Crippen LogP contribution in [-0.2, 0) is 4.74 Å². The molecule has 4 atom stereocenters. The molecular weight excluding hydrogens is 354 g/mol. The minimum Gasteiger partial charge on any atom is -0.394 e. The van der Waals surface area contributed by atoms with E-state index in [9.17, 15) is 20.4 Å². The molecular formula is C17H25N5O5. The molecule has 2 aliphatic rings. The van der Waals surface area contributed by atoms with Crippen LogP contribution in [0.15, 0.2) is 6.33 Å². The van der Waals surface area contributed by atoms with Crippen LogP contribution in [0.25, 0.3) is 11.2 Å². The van der Waals surface area contributed by atoms with Gasteiger partial charge in [0.05, 0.1) is 19.0 Å². The van der Waals surface area contributed by atoms with E-state index in [0.29, 0.717) is 22.8 Å². The van der Waals surface area contributed by atoms with Gasteiger partial charge in [0.15, 0.2) is 23.2 Å². The number of ether oxygens (including phenoxy) is 1. The predicted molar refractivity (Wildman–Crippen MR) is 95.0 cm³/mol. The van der Waals surface area contributed by atoms with Crippen LogP contribution in [0.2, 0.25) is 0 Å². The molecule has 1 aliphatic heterocycles. The van der Waals surface area contributed by atoms with Crippen LogP contribution in [-0.4, -0.2) is 77.0 Å². The first-order chi connectivity index (χ1) is 13.0. The standard InChI is InChI=1S/C17H25N5O5/c1-8-19-15(21-9-2-4-10(24)5-3-9)12-16(20-8)22(7-18-12)17-14(26)13(25)11(6-23)27-17/h7,9-11,13-14,17,23-26H,2-6H2,1H3,(H,19,20,21)/t9-,10-,11-,13-,14-,17-/m1/s1. The highest BCUT2D eigenvalue weighted by atomic mass is 16.6. The maximum atomic E-state index is 10.3. The number of aliphatic hydroxyl groups excluding tert-OH is 4. The Hall–Kier alpha value is -1.85. The number of aromatic nitrogens is 4. The maximum absolute atomic E-state index is 10.3. The van der Waals surface area contributed by atoms with Crippen molar-refractivity contribution in [3.05, 3.63) is 12.2 Å². The summed E-state index contributed by atoms with van der Waals surface area (Å²) < 4.78 is 7.15. The summed E-state index contributed by atoms with van der Waals surface area (Å²) in [5, 5.41) is 42.7. The molecule has 1 aliphatic carbocycles. The van der Waals surface area contributed by atoms with Crippen LogP contribution in [0.1, 0.15) is 37.7 Å². The largest absolute Gasteiger partial charge is 0.394 e. The molecule has 0 spiro atoms. The number of nitrogens with one attached hydrogen (secondary N) is 1. The second-order valence-corrected chi connectivity index (χ2v) is 7.32. The van der Waals surface area contributed by atoms with E-state index in [4.69, 9.17) is 4.74 Å². The minimum absolute atomic E-state index is 0.199. The van der Waals surface area contributed by atoms with Crippen LogP contribution in [0, 0.1) is 6.92 Å². The third-order valence-electron chi connectivity index (χ3n) is 5.36. The number of anilines is 1. The monoisotopic (exact) mass is 379 g/mol. The molecule has 2 fully saturated rings. The lowest BCUT2D eigenvalue weighted by atomic mass is 9.93. The van der Waals surface area contributed by atoms with E-state index in [1.807, 2.05) is 0 Å². The summed E-state index contributed by atoms with van der Waals surface area (Å²) in [4.78, 5) is 13.3. The van der Waals surface area contributed by atoms with Crippen LogP contribution in [0.5, 0.6) is 0 Å². The van der Waals surface area contributed by atoms with Gasteiger partial charge in [-0.05, 0) is 32.6 Å². The second-order valence-electron chi connectivity index (χ2n) is 7.32. The van der Waals surface area contributed by atoms with E-state index in [1.165, 1.54) is 6.33 Å². The van der Waals surface area contributed by atoms with Gasteiger partial charge < -0.3 is 30.5 Å². The Bertz CT molecular complexity index is 806. The zero-order valence-corrected chi connectivity index (χ0v) is 15.1. The van der Waals surface area contributed by atoms with E-state index < -0.39 is 31.1 Å². The Morgan fingerprint density at radius 2 is 1.89 bits per heavy atom. The van der Waals surface area contributed by atoms with Gasteiger partial charge >= 0.3 is 0 Å². The Kier molecular flexibility index (Phi) is 4.99. The third kappa shape index (κ3) is 3.39. The summed E-state index contributed by atoms with van der Waals surface area (Å²) >= 11 is 0. The molecule has 0 amide bonds. The van der Waals surface area contributed by atoms with Crippen molar-refractivity contribution in [2.75, 3.05) is 11.9 Å². The molecule has 0 aromatic carbocycles. The summed E-state index contributed by atoms with van der Waals surface area (Å²) in [5.41, 5.74) is 1.03. The van der Waals surface area contributed by atoms with Crippen molar-refractivity contribution in [1.82, 2.24) is 19.5 Å². The quantitative estimate of drug-likeness (QED) is 0.473. The average Bonchev–Trinajstić information content (AvgIpc) is 3.18. The van der Waals surface area contributed by atoms with Crippen LogP contribution in [0.3, 0.4) is 0 Å². The zero-order chi connectivity index (χ0) is 19.1. The van der Waals surface area contributed by atoms with Crippen molar-refractivity contribution < 1.29 is 25.2 Å². The molecule has 5 N–H and O–H groups in total. The van der Waals surface area contributed by atoms with Crippen molar-refractivity contribution in [1.29, 1.82) is 0 Å². The number of hydrogen-bond acceptors (Lipinski definition) is 9. The lowest BCUT2D eigenvalue weighted by Gasteiger charge is -2.26. The van der Waals surface area contributed by atoms with Crippen LogP contribution < -0.4 is 5.32 Å². The molecule has 3 heterocycles. The molecule has 27 heavy (non-hydrogen) atoms. The van der Waals surface area contributed by atoms with Gasteiger partial charge in [0.2, 0.25) is 0 Å². The number of fused-ring (bicyclic) bond motifs is 1. The number of hydrogen-bond donors (Lipinski definition) is 5. The van der Waals surface area contributed by atoms with Gasteiger partial charge in [-0.15, -0.1) is 0 Å². The first-order valence-electron chi connectivity index (χ1n) is 9.26. The highest BCUT2D eigenvalue weighted by molar-refractivity contribution is 5.83.